The first-order chi connectivity index (χ1) is 17.3. The van der Waals surface area contributed by atoms with Crippen molar-refractivity contribution in [2.75, 3.05) is 31.1 Å². The van der Waals surface area contributed by atoms with E-state index < -0.39 is 0 Å². The molecule has 2 aliphatic rings. The number of rotatable bonds is 4. The number of likely N-dealkylation sites (tertiary alicyclic amines) is 1. The Balaban J connectivity index is 1.32. The summed E-state index contributed by atoms with van der Waals surface area (Å²) in [6.45, 7) is 3.51. The third-order valence-electron chi connectivity index (χ3n) is 7.14. The molecule has 6 nitrogen and oxygen atoms in total. The second-order valence-corrected chi connectivity index (χ2v) is 10.5. The van der Waals surface area contributed by atoms with Crippen LogP contribution in [0.5, 0.6) is 0 Å². The topological polar surface area (TPSA) is 62.2 Å². The van der Waals surface area contributed by atoms with E-state index >= 15 is 0 Å². The van der Waals surface area contributed by atoms with Crippen LogP contribution in [-0.2, 0) is 4.79 Å². The predicted octanol–water partition coefficient (Wildman–Crippen LogP) is 5.65. The summed E-state index contributed by atoms with van der Waals surface area (Å²) in [5.74, 6) is 2.09. The molecule has 35 heavy (non-hydrogen) atoms. The van der Waals surface area contributed by atoms with Gasteiger partial charge in [0, 0.05) is 43.2 Å². The molecule has 7 heteroatoms. The summed E-state index contributed by atoms with van der Waals surface area (Å²) in [6.07, 6.45) is 7.05. The lowest BCUT2D eigenvalue weighted by Gasteiger charge is -2.36. The molecule has 0 bridgehead atoms. The second kappa shape index (κ2) is 9.74. The van der Waals surface area contributed by atoms with Crippen molar-refractivity contribution in [3.63, 3.8) is 0 Å². The van der Waals surface area contributed by atoms with E-state index in [1.807, 2.05) is 24.3 Å². The van der Waals surface area contributed by atoms with Gasteiger partial charge in [-0.15, -0.1) is 11.3 Å². The molecule has 0 N–H and O–H groups in total. The number of nitrogens with zero attached hydrogens (tertiary/aromatic N) is 5. The molecule has 0 saturated carbocycles. The second-order valence-electron chi connectivity index (χ2n) is 9.43. The molecule has 0 unspecified atom stereocenters. The van der Waals surface area contributed by atoms with E-state index in [2.05, 4.69) is 45.1 Å². The zero-order chi connectivity index (χ0) is 23.6. The van der Waals surface area contributed by atoms with Crippen LogP contribution in [0, 0.1) is 5.92 Å². The van der Waals surface area contributed by atoms with Crippen LogP contribution < -0.4 is 4.90 Å². The van der Waals surface area contributed by atoms with Crippen LogP contribution in [0.25, 0.3) is 32.2 Å². The number of hydrogen-bond donors (Lipinski definition) is 0. The van der Waals surface area contributed by atoms with Crippen molar-refractivity contribution in [3.8, 4) is 22.0 Å². The highest BCUT2D eigenvalue weighted by molar-refractivity contribution is 7.22. The molecule has 2 saturated heterocycles. The van der Waals surface area contributed by atoms with E-state index in [0.29, 0.717) is 11.7 Å². The summed E-state index contributed by atoms with van der Waals surface area (Å²) in [5, 5.41) is 1.08. The Bertz CT molecular complexity index is 1310. The van der Waals surface area contributed by atoms with Crippen molar-refractivity contribution < 1.29 is 4.79 Å². The van der Waals surface area contributed by atoms with Gasteiger partial charge in [-0.25, -0.2) is 9.97 Å². The Morgan fingerprint density at radius 3 is 2.40 bits per heavy atom. The predicted molar refractivity (Wildman–Crippen MR) is 141 cm³/mol. The number of benzene rings is 1. The highest BCUT2D eigenvalue weighted by Crippen LogP contribution is 2.38. The molecule has 2 aliphatic heterocycles. The fourth-order valence-corrected chi connectivity index (χ4v) is 6.24. The Kier molecular flexibility index (Phi) is 6.17. The highest BCUT2D eigenvalue weighted by Gasteiger charge is 2.30. The quantitative estimate of drug-likeness (QED) is 0.375. The van der Waals surface area contributed by atoms with Gasteiger partial charge in [-0.3, -0.25) is 9.78 Å². The molecule has 5 heterocycles. The van der Waals surface area contributed by atoms with Gasteiger partial charge < -0.3 is 9.80 Å². The number of carbonyl (C=O) groups excluding carboxylic acids is 1. The first-order valence-corrected chi connectivity index (χ1v) is 13.4. The van der Waals surface area contributed by atoms with Crippen LogP contribution in [0.4, 0.5) is 5.82 Å². The Labute approximate surface area is 209 Å². The van der Waals surface area contributed by atoms with Crippen LogP contribution in [-0.4, -0.2) is 51.9 Å². The third-order valence-corrected chi connectivity index (χ3v) is 8.21. The third kappa shape index (κ3) is 4.52. The standard InChI is InChI=1S/C28H29N5OS/c34-28(33-15-7-2-8-16-33)21-12-17-32(18-13-21)26-22-19-24(20-9-3-1-4-10-20)35-27(22)31-25(30-26)23-11-5-6-14-29-23/h1,3-6,9-11,14,19,21H,2,7-8,12-13,15-18H2. The lowest BCUT2D eigenvalue weighted by Crippen LogP contribution is -2.44. The van der Waals surface area contributed by atoms with E-state index in [9.17, 15) is 4.79 Å². The van der Waals surface area contributed by atoms with Crippen LogP contribution in [0.1, 0.15) is 32.1 Å². The Hall–Kier alpha value is -3.32. The fourth-order valence-electron chi connectivity index (χ4n) is 5.21. The average Bonchev–Trinajstić information content (AvgIpc) is 3.38. The summed E-state index contributed by atoms with van der Waals surface area (Å²) in [4.78, 5) is 34.1. The maximum atomic E-state index is 13.1. The summed E-state index contributed by atoms with van der Waals surface area (Å²) in [7, 11) is 0. The van der Waals surface area contributed by atoms with E-state index in [-0.39, 0.29) is 5.92 Å². The molecule has 0 aliphatic carbocycles. The zero-order valence-corrected chi connectivity index (χ0v) is 20.6. The molecule has 0 atom stereocenters. The fraction of sp³-hybridized carbons (Fsp3) is 0.357. The van der Waals surface area contributed by atoms with Crippen molar-refractivity contribution in [3.05, 3.63) is 60.8 Å². The van der Waals surface area contributed by atoms with Crippen LogP contribution in [0.3, 0.4) is 0 Å². The number of thiophene rings is 1. The lowest BCUT2D eigenvalue weighted by atomic mass is 9.94. The highest BCUT2D eigenvalue weighted by atomic mass is 32.1. The molecule has 3 aromatic heterocycles. The molecule has 0 radical (unpaired) electrons. The van der Waals surface area contributed by atoms with Gasteiger partial charge in [0.15, 0.2) is 5.82 Å². The molecule has 2 fully saturated rings. The van der Waals surface area contributed by atoms with Crippen molar-refractivity contribution in [2.45, 2.75) is 32.1 Å². The largest absolute Gasteiger partial charge is 0.356 e. The normalized spacial score (nSPS) is 17.1. The minimum absolute atomic E-state index is 0.124. The smallest absolute Gasteiger partial charge is 0.225 e. The molecular weight excluding hydrogens is 454 g/mol. The summed E-state index contributed by atoms with van der Waals surface area (Å²) < 4.78 is 0. The maximum Gasteiger partial charge on any atom is 0.225 e. The zero-order valence-electron chi connectivity index (χ0n) is 19.8. The average molecular weight is 484 g/mol. The van der Waals surface area contributed by atoms with Gasteiger partial charge in [-0.05, 0) is 55.9 Å². The van der Waals surface area contributed by atoms with Crippen molar-refractivity contribution in [2.24, 2.45) is 5.92 Å². The lowest BCUT2D eigenvalue weighted by molar-refractivity contribution is -0.137. The number of carbonyl (C=O) groups is 1. The van der Waals surface area contributed by atoms with Gasteiger partial charge in [-0.2, -0.15) is 0 Å². The monoisotopic (exact) mass is 483 g/mol. The summed E-state index contributed by atoms with van der Waals surface area (Å²) >= 11 is 1.70. The molecule has 1 aromatic carbocycles. The summed E-state index contributed by atoms with van der Waals surface area (Å²) in [6, 6.07) is 18.5. The van der Waals surface area contributed by atoms with E-state index in [1.165, 1.54) is 16.9 Å². The van der Waals surface area contributed by atoms with E-state index in [4.69, 9.17) is 9.97 Å². The maximum absolute atomic E-state index is 13.1. The van der Waals surface area contributed by atoms with Crippen LogP contribution >= 0.6 is 11.3 Å². The number of aromatic nitrogens is 3. The molecule has 6 rings (SSSR count). The van der Waals surface area contributed by atoms with Gasteiger partial charge >= 0.3 is 0 Å². The van der Waals surface area contributed by atoms with Crippen molar-refractivity contribution >= 4 is 33.3 Å². The number of fused-ring (bicyclic) bond motifs is 1. The number of hydrogen-bond acceptors (Lipinski definition) is 6. The summed E-state index contributed by atoms with van der Waals surface area (Å²) in [5.41, 5.74) is 1.96. The molecule has 4 aromatic rings. The molecule has 178 valence electrons. The number of amides is 1. The van der Waals surface area contributed by atoms with Gasteiger partial charge in [-0.1, -0.05) is 36.4 Å². The van der Waals surface area contributed by atoms with Crippen LogP contribution in [0.2, 0.25) is 0 Å². The Morgan fingerprint density at radius 1 is 0.886 bits per heavy atom. The van der Waals surface area contributed by atoms with Gasteiger partial charge in [0.25, 0.3) is 0 Å². The van der Waals surface area contributed by atoms with Gasteiger partial charge in [0.2, 0.25) is 5.91 Å². The molecular formula is C28H29N5OS. The van der Waals surface area contributed by atoms with Crippen molar-refractivity contribution in [1.29, 1.82) is 0 Å². The van der Waals surface area contributed by atoms with Gasteiger partial charge in [0.1, 0.15) is 16.3 Å². The van der Waals surface area contributed by atoms with E-state index in [1.54, 1.807) is 17.5 Å². The first-order valence-electron chi connectivity index (χ1n) is 12.6. The Morgan fingerprint density at radius 2 is 1.66 bits per heavy atom. The SMILES string of the molecule is O=C(C1CCN(c2nc(-c3ccccn3)nc3sc(-c4ccccc4)cc23)CC1)N1CCCCC1. The van der Waals surface area contributed by atoms with E-state index in [0.717, 1.165) is 73.6 Å². The van der Waals surface area contributed by atoms with Crippen LogP contribution in [0.15, 0.2) is 60.8 Å². The minimum Gasteiger partial charge on any atom is -0.356 e. The van der Waals surface area contributed by atoms with Crippen molar-refractivity contribution in [1.82, 2.24) is 19.9 Å². The van der Waals surface area contributed by atoms with Gasteiger partial charge in [0.05, 0.1) is 5.39 Å². The molecule has 1 amide bonds. The number of pyridine rings is 1. The first kappa shape index (κ1) is 22.2. The number of piperidine rings is 2. The number of anilines is 1. The molecule has 0 spiro atoms. The minimum atomic E-state index is 0.124.